The number of hydrogen-bond donors (Lipinski definition) is 3. The highest BCUT2D eigenvalue weighted by Gasteiger charge is 2.26. The Morgan fingerprint density at radius 2 is 2.22 bits per heavy atom. The number of nitrogens with one attached hydrogen (secondary N) is 3. The fourth-order valence-electron chi connectivity index (χ4n) is 3.14. The molecule has 2 aromatic rings. The van der Waals surface area contributed by atoms with Crippen molar-refractivity contribution in [3.05, 3.63) is 36.4 Å². The van der Waals surface area contributed by atoms with E-state index < -0.39 is 5.82 Å². The van der Waals surface area contributed by atoms with Crippen LogP contribution in [0.15, 0.2) is 30.6 Å². The molecule has 144 valence electrons. The minimum atomic E-state index is -0.426. The Bertz CT molecular complexity index is 803. The van der Waals surface area contributed by atoms with Gasteiger partial charge in [0.1, 0.15) is 29.5 Å². The van der Waals surface area contributed by atoms with Crippen molar-refractivity contribution >= 4 is 23.4 Å². The van der Waals surface area contributed by atoms with Gasteiger partial charge in [-0.3, -0.25) is 0 Å². The Hall–Kier alpha value is -3.10. The first kappa shape index (κ1) is 18.7. The molecule has 1 fully saturated rings. The van der Waals surface area contributed by atoms with E-state index in [0.717, 1.165) is 31.0 Å². The van der Waals surface area contributed by atoms with Gasteiger partial charge in [-0.2, -0.15) is 0 Å². The van der Waals surface area contributed by atoms with Crippen molar-refractivity contribution in [2.24, 2.45) is 0 Å². The number of aromatic nitrogens is 2. The van der Waals surface area contributed by atoms with Crippen molar-refractivity contribution in [1.82, 2.24) is 15.3 Å². The standard InChI is InChI=1S/C18H23FN6O2/c1-20-16-9-17(23-11-22-16)25-7-3-4-13(25)10-21-18(26)24-14-6-5-12(19)8-15(14)27-2/h5-6,8-9,11,13H,3-4,7,10H2,1-2H3,(H,20,22,23)(H2,21,24,26). The summed E-state index contributed by atoms with van der Waals surface area (Å²) in [5.74, 6) is 1.43. The maximum atomic E-state index is 13.3. The zero-order valence-corrected chi connectivity index (χ0v) is 15.3. The van der Waals surface area contributed by atoms with Crippen LogP contribution in [0.2, 0.25) is 0 Å². The molecule has 2 heterocycles. The lowest BCUT2D eigenvalue weighted by Gasteiger charge is -2.26. The summed E-state index contributed by atoms with van der Waals surface area (Å²) in [7, 11) is 3.23. The number of halogens is 1. The molecule has 0 saturated carbocycles. The van der Waals surface area contributed by atoms with E-state index in [-0.39, 0.29) is 17.8 Å². The number of nitrogens with zero attached hydrogens (tertiary/aromatic N) is 3. The lowest BCUT2D eigenvalue weighted by atomic mass is 10.2. The second kappa shape index (κ2) is 8.52. The molecular weight excluding hydrogens is 351 g/mol. The van der Waals surface area contributed by atoms with Crippen molar-refractivity contribution in [1.29, 1.82) is 0 Å². The Morgan fingerprint density at radius 1 is 1.37 bits per heavy atom. The van der Waals surface area contributed by atoms with Gasteiger partial charge in [0, 0.05) is 38.3 Å². The summed E-state index contributed by atoms with van der Waals surface area (Å²) in [6, 6.07) is 5.63. The van der Waals surface area contributed by atoms with Crippen LogP contribution in [-0.2, 0) is 0 Å². The van der Waals surface area contributed by atoms with Crippen molar-refractivity contribution in [3.63, 3.8) is 0 Å². The maximum Gasteiger partial charge on any atom is 0.319 e. The summed E-state index contributed by atoms with van der Waals surface area (Å²) in [5, 5.41) is 8.56. The van der Waals surface area contributed by atoms with Crippen molar-refractivity contribution in [3.8, 4) is 5.75 Å². The quantitative estimate of drug-likeness (QED) is 0.719. The molecule has 0 aliphatic carbocycles. The van der Waals surface area contributed by atoms with E-state index in [1.54, 1.807) is 0 Å². The van der Waals surface area contributed by atoms with E-state index in [9.17, 15) is 9.18 Å². The number of urea groups is 1. The fraction of sp³-hybridized carbons (Fsp3) is 0.389. The molecule has 0 radical (unpaired) electrons. The van der Waals surface area contributed by atoms with Crippen LogP contribution in [0.1, 0.15) is 12.8 Å². The number of hydrogen-bond acceptors (Lipinski definition) is 6. The Kier molecular flexibility index (Phi) is 5.90. The molecule has 0 spiro atoms. The van der Waals surface area contributed by atoms with Gasteiger partial charge in [0.25, 0.3) is 0 Å². The fourth-order valence-corrected chi connectivity index (χ4v) is 3.14. The van der Waals surface area contributed by atoms with E-state index in [1.807, 2.05) is 13.1 Å². The number of amides is 2. The Labute approximate surface area is 157 Å². The number of carbonyl (C=O) groups excluding carboxylic acids is 1. The molecule has 1 aromatic heterocycles. The van der Waals surface area contributed by atoms with Gasteiger partial charge >= 0.3 is 6.03 Å². The van der Waals surface area contributed by atoms with Crippen LogP contribution in [0.25, 0.3) is 0 Å². The highest BCUT2D eigenvalue weighted by atomic mass is 19.1. The van der Waals surface area contributed by atoms with E-state index in [2.05, 4.69) is 30.8 Å². The minimum absolute atomic E-state index is 0.144. The molecule has 1 aliphatic rings. The van der Waals surface area contributed by atoms with E-state index in [0.29, 0.717) is 12.2 Å². The smallest absolute Gasteiger partial charge is 0.319 e. The van der Waals surface area contributed by atoms with Gasteiger partial charge in [0.15, 0.2) is 0 Å². The number of methoxy groups -OCH3 is 1. The molecule has 1 unspecified atom stereocenters. The first-order chi connectivity index (χ1) is 13.1. The van der Waals surface area contributed by atoms with Gasteiger partial charge in [0.05, 0.1) is 12.8 Å². The second-order valence-corrected chi connectivity index (χ2v) is 6.18. The SMILES string of the molecule is CNc1cc(N2CCCC2CNC(=O)Nc2ccc(F)cc2OC)ncn1. The minimum Gasteiger partial charge on any atom is -0.494 e. The van der Waals surface area contributed by atoms with Gasteiger partial charge in [0.2, 0.25) is 0 Å². The van der Waals surface area contributed by atoms with Crippen LogP contribution >= 0.6 is 0 Å². The zero-order valence-electron chi connectivity index (χ0n) is 15.3. The predicted octanol–water partition coefficient (Wildman–Crippen LogP) is 2.46. The Balaban J connectivity index is 1.59. The molecule has 1 saturated heterocycles. The van der Waals surface area contributed by atoms with Gasteiger partial charge in [-0.15, -0.1) is 0 Å². The Morgan fingerprint density at radius 3 is 3.00 bits per heavy atom. The molecule has 3 rings (SSSR count). The van der Waals surface area contributed by atoms with Crippen LogP contribution in [0, 0.1) is 5.82 Å². The number of carbonyl (C=O) groups is 1. The molecule has 2 amide bonds. The van der Waals surface area contributed by atoms with Crippen molar-refractivity contribution < 1.29 is 13.9 Å². The number of ether oxygens (including phenoxy) is 1. The third kappa shape index (κ3) is 4.55. The first-order valence-electron chi connectivity index (χ1n) is 8.75. The number of benzene rings is 1. The number of anilines is 3. The normalized spacial score (nSPS) is 16.1. The molecular formula is C18H23FN6O2. The predicted molar refractivity (Wildman–Crippen MR) is 102 cm³/mol. The lowest BCUT2D eigenvalue weighted by molar-refractivity contribution is 0.251. The monoisotopic (exact) mass is 374 g/mol. The molecule has 1 aliphatic heterocycles. The first-order valence-corrected chi connectivity index (χ1v) is 8.75. The van der Waals surface area contributed by atoms with Crippen LogP contribution in [-0.4, -0.2) is 49.3 Å². The maximum absolute atomic E-state index is 13.3. The van der Waals surface area contributed by atoms with Crippen LogP contribution in [0.3, 0.4) is 0 Å². The van der Waals surface area contributed by atoms with Gasteiger partial charge in [-0.25, -0.2) is 19.2 Å². The molecule has 8 nitrogen and oxygen atoms in total. The summed E-state index contributed by atoms with van der Waals surface area (Å²) in [6.07, 6.45) is 3.51. The average Bonchev–Trinajstić information content (AvgIpc) is 3.16. The molecule has 3 N–H and O–H groups in total. The largest absolute Gasteiger partial charge is 0.494 e. The van der Waals surface area contributed by atoms with Crippen LogP contribution in [0.5, 0.6) is 5.75 Å². The molecule has 0 bridgehead atoms. The molecule has 1 atom stereocenters. The second-order valence-electron chi connectivity index (χ2n) is 6.18. The zero-order chi connectivity index (χ0) is 19.2. The summed E-state index contributed by atoms with van der Waals surface area (Å²) >= 11 is 0. The number of rotatable bonds is 6. The van der Waals surface area contributed by atoms with Crippen LogP contribution in [0.4, 0.5) is 26.5 Å². The van der Waals surface area contributed by atoms with Gasteiger partial charge in [-0.05, 0) is 25.0 Å². The average molecular weight is 374 g/mol. The van der Waals surface area contributed by atoms with Gasteiger partial charge < -0.3 is 25.6 Å². The lowest BCUT2D eigenvalue weighted by Crippen LogP contribution is -2.42. The van der Waals surface area contributed by atoms with E-state index in [1.165, 1.54) is 31.6 Å². The van der Waals surface area contributed by atoms with Gasteiger partial charge in [-0.1, -0.05) is 0 Å². The summed E-state index contributed by atoms with van der Waals surface area (Å²) < 4.78 is 18.3. The molecule has 9 heteroatoms. The van der Waals surface area contributed by atoms with E-state index in [4.69, 9.17) is 4.74 Å². The molecule has 1 aromatic carbocycles. The third-order valence-corrected chi connectivity index (χ3v) is 4.49. The summed E-state index contributed by atoms with van der Waals surface area (Å²) in [5.41, 5.74) is 0.411. The highest BCUT2D eigenvalue weighted by molar-refractivity contribution is 5.90. The van der Waals surface area contributed by atoms with Crippen molar-refractivity contribution in [2.45, 2.75) is 18.9 Å². The third-order valence-electron chi connectivity index (χ3n) is 4.49. The van der Waals surface area contributed by atoms with Crippen LogP contribution < -0.4 is 25.6 Å². The highest BCUT2D eigenvalue weighted by Crippen LogP contribution is 2.26. The topological polar surface area (TPSA) is 91.4 Å². The van der Waals surface area contributed by atoms with E-state index >= 15 is 0 Å². The summed E-state index contributed by atoms with van der Waals surface area (Å²) in [4.78, 5) is 22.9. The summed E-state index contributed by atoms with van der Waals surface area (Å²) in [6.45, 7) is 1.34. The van der Waals surface area contributed by atoms with Crippen molar-refractivity contribution in [2.75, 3.05) is 42.8 Å². The molecule has 27 heavy (non-hydrogen) atoms.